The van der Waals surface area contributed by atoms with E-state index < -0.39 is 11.7 Å². The molecule has 0 saturated heterocycles. The average molecular weight is 363 g/mol. The van der Waals surface area contributed by atoms with Crippen LogP contribution in [0.1, 0.15) is 52.5 Å². The van der Waals surface area contributed by atoms with E-state index in [2.05, 4.69) is 5.32 Å². The van der Waals surface area contributed by atoms with E-state index in [0.717, 1.165) is 18.4 Å². The fourth-order valence-corrected chi connectivity index (χ4v) is 2.34. The minimum atomic E-state index is -0.533. The van der Waals surface area contributed by atoms with Crippen LogP contribution in [0, 0.1) is 0 Å². The summed E-state index contributed by atoms with van der Waals surface area (Å²) in [6.07, 6.45) is 5.71. The molecule has 1 rings (SSSR count). The maximum atomic E-state index is 12.0. The van der Waals surface area contributed by atoms with Crippen LogP contribution in [-0.4, -0.2) is 35.6 Å². The Labute approximate surface area is 157 Å². The third kappa shape index (κ3) is 10.2. The number of unbranched alkanes of at least 4 members (excludes halogenated alkanes) is 1. The van der Waals surface area contributed by atoms with Gasteiger partial charge in [0.2, 0.25) is 0 Å². The second-order valence-electron chi connectivity index (χ2n) is 7.34. The van der Waals surface area contributed by atoms with Crippen LogP contribution in [-0.2, 0) is 16.1 Å². The number of hydrogen-bond acceptors (Lipinski definition) is 4. The van der Waals surface area contributed by atoms with Crippen LogP contribution in [0.2, 0.25) is 0 Å². The molecule has 0 fully saturated rings. The number of aliphatic hydroxyl groups excluding tert-OH is 1. The number of rotatable bonds is 10. The second kappa shape index (κ2) is 11.7. The van der Waals surface area contributed by atoms with Gasteiger partial charge in [-0.2, -0.15) is 0 Å². The first kappa shape index (κ1) is 22.2. The molecule has 0 heterocycles. The summed E-state index contributed by atoms with van der Waals surface area (Å²) in [6.45, 7) is 8.10. The van der Waals surface area contributed by atoms with Gasteiger partial charge in [0.05, 0.1) is 18.8 Å². The smallest absolute Gasteiger partial charge is 0.407 e. The van der Waals surface area contributed by atoms with Crippen molar-refractivity contribution in [3.63, 3.8) is 0 Å². The van der Waals surface area contributed by atoms with Gasteiger partial charge in [-0.3, -0.25) is 0 Å². The number of carbonyl (C=O) groups excluding carboxylic acids is 1. The van der Waals surface area contributed by atoms with E-state index in [4.69, 9.17) is 14.6 Å². The number of carbonyl (C=O) groups is 1. The number of alkyl carbamates (subject to hydrolysis) is 1. The Morgan fingerprint density at radius 2 is 1.92 bits per heavy atom. The van der Waals surface area contributed by atoms with Gasteiger partial charge in [0.1, 0.15) is 5.60 Å². The number of aliphatic hydroxyl groups is 1. The molecule has 5 heteroatoms. The summed E-state index contributed by atoms with van der Waals surface area (Å²) >= 11 is 0. The number of amides is 1. The molecular formula is C21H33NO4. The van der Waals surface area contributed by atoms with E-state index in [1.807, 2.05) is 70.2 Å². The summed E-state index contributed by atoms with van der Waals surface area (Å²) in [4.78, 5) is 12.0. The summed E-state index contributed by atoms with van der Waals surface area (Å²) in [5.41, 5.74) is 0.556. The Bertz CT molecular complexity index is 537. The van der Waals surface area contributed by atoms with Gasteiger partial charge in [0, 0.05) is 6.61 Å². The Hall–Kier alpha value is -1.85. The van der Waals surface area contributed by atoms with Gasteiger partial charge in [-0.15, -0.1) is 0 Å². The molecule has 0 bridgehead atoms. The summed E-state index contributed by atoms with van der Waals surface area (Å²) in [5.74, 6) is 0. The second-order valence-corrected chi connectivity index (χ2v) is 7.34. The zero-order valence-electron chi connectivity index (χ0n) is 16.4. The van der Waals surface area contributed by atoms with Crippen molar-refractivity contribution < 1.29 is 19.4 Å². The van der Waals surface area contributed by atoms with Gasteiger partial charge in [0.15, 0.2) is 0 Å². The topological polar surface area (TPSA) is 67.8 Å². The van der Waals surface area contributed by atoms with Gasteiger partial charge in [-0.1, -0.05) is 42.5 Å². The molecule has 0 saturated carbocycles. The third-order valence-corrected chi connectivity index (χ3v) is 3.67. The number of benzene rings is 1. The van der Waals surface area contributed by atoms with Gasteiger partial charge in [0.25, 0.3) is 0 Å². The fraction of sp³-hybridized carbons (Fsp3) is 0.571. The molecule has 0 aliphatic rings. The van der Waals surface area contributed by atoms with Crippen LogP contribution >= 0.6 is 0 Å². The van der Waals surface area contributed by atoms with Crippen LogP contribution in [0.15, 0.2) is 42.5 Å². The Morgan fingerprint density at radius 3 is 2.54 bits per heavy atom. The summed E-state index contributed by atoms with van der Waals surface area (Å²) in [7, 11) is 0. The fourth-order valence-electron chi connectivity index (χ4n) is 2.34. The van der Waals surface area contributed by atoms with E-state index in [1.54, 1.807) is 0 Å². The van der Waals surface area contributed by atoms with Crippen molar-refractivity contribution in [2.75, 3.05) is 6.61 Å². The van der Waals surface area contributed by atoms with Crippen LogP contribution in [0.25, 0.3) is 0 Å². The van der Waals surface area contributed by atoms with Crippen molar-refractivity contribution in [1.82, 2.24) is 5.32 Å². The monoisotopic (exact) mass is 363 g/mol. The zero-order chi connectivity index (χ0) is 19.4. The van der Waals surface area contributed by atoms with Crippen molar-refractivity contribution in [3.8, 4) is 0 Å². The summed E-state index contributed by atoms with van der Waals surface area (Å²) in [5, 5.41) is 11.7. The van der Waals surface area contributed by atoms with Crippen molar-refractivity contribution in [3.05, 3.63) is 48.0 Å². The molecule has 0 aromatic heterocycles. The molecule has 2 unspecified atom stereocenters. The first-order chi connectivity index (χ1) is 12.3. The van der Waals surface area contributed by atoms with E-state index in [0.29, 0.717) is 13.0 Å². The van der Waals surface area contributed by atoms with E-state index in [9.17, 15) is 4.79 Å². The van der Waals surface area contributed by atoms with Gasteiger partial charge < -0.3 is 19.9 Å². The maximum Gasteiger partial charge on any atom is 0.407 e. The molecule has 0 aliphatic carbocycles. The maximum absolute atomic E-state index is 12.0. The summed E-state index contributed by atoms with van der Waals surface area (Å²) in [6, 6.07) is 9.75. The van der Waals surface area contributed by atoms with Crippen LogP contribution in [0.3, 0.4) is 0 Å². The molecule has 2 atom stereocenters. The van der Waals surface area contributed by atoms with Crippen LogP contribution < -0.4 is 5.32 Å². The summed E-state index contributed by atoms with van der Waals surface area (Å²) < 4.78 is 11.4. The molecule has 1 aromatic carbocycles. The largest absolute Gasteiger partial charge is 0.444 e. The standard InChI is InChI=1S/C21H33NO4/c1-17(22-20(24)26-21(2,3)4)19(14-10-5-6-11-15-23)25-16-18-12-8-7-9-13-18/h5,7-10,12-13,17,19,23H,6,11,14-16H2,1-4H3,(H,22,24)/b10-5+. The van der Waals surface area contributed by atoms with Crippen molar-refractivity contribution >= 4 is 6.09 Å². The molecule has 1 amide bonds. The van der Waals surface area contributed by atoms with E-state index in [-0.39, 0.29) is 18.8 Å². The first-order valence-electron chi connectivity index (χ1n) is 9.22. The molecule has 0 aliphatic heterocycles. The zero-order valence-corrected chi connectivity index (χ0v) is 16.4. The van der Waals surface area contributed by atoms with Crippen LogP contribution in [0.5, 0.6) is 0 Å². The predicted molar refractivity (Wildman–Crippen MR) is 104 cm³/mol. The van der Waals surface area contributed by atoms with Gasteiger partial charge in [-0.05, 0) is 52.5 Å². The third-order valence-electron chi connectivity index (χ3n) is 3.67. The Kier molecular flexibility index (Phi) is 9.99. The molecule has 0 spiro atoms. The molecular weight excluding hydrogens is 330 g/mol. The minimum Gasteiger partial charge on any atom is -0.444 e. The lowest BCUT2D eigenvalue weighted by molar-refractivity contribution is 0.0109. The number of allylic oxidation sites excluding steroid dienone is 1. The quantitative estimate of drug-likeness (QED) is 0.483. The molecule has 0 radical (unpaired) electrons. The highest BCUT2D eigenvalue weighted by Crippen LogP contribution is 2.13. The lowest BCUT2D eigenvalue weighted by Gasteiger charge is -2.26. The highest BCUT2D eigenvalue weighted by atomic mass is 16.6. The normalized spacial score (nSPS) is 14.2. The molecule has 1 aromatic rings. The molecule has 2 N–H and O–H groups in total. The number of hydrogen-bond donors (Lipinski definition) is 2. The molecule has 5 nitrogen and oxygen atoms in total. The number of ether oxygens (including phenoxy) is 2. The average Bonchev–Trinajstić information content (AvgIpc) is 2.56. The van der Waals surface area contributed by atoms with Crippen molar-refractivity contribution in [1.29, 1.82) is 0 Å². The van der Waals surface area contributed by atoms with Crippen molar-refractivity contribution in [2.45, 2.75) is 71.3 Å². The first-order valence-corrected chi connectivity index (χ1v) is 9.22. The minimum absolute atomic E-state index is 0.173. The van der Waals surface area contributed by atoms with Gasteiger partial charge in [-0.25, -0.2) is 4.79 Å². The SMILES string of the molecule is CC(NC(=O)OC(C)(C)C)C(C/C=C/CCCO)OCc1ccccc1. The van der Waals surface area contributed by atoms with E-state index in [1.165, 1.54) is 0 Å². The Morgan fingerprint density at radius 1 is 1.23 bits per heavy atom. The van der Waals surface area contributed by atoms with Crippen molar-refractivity contribution in [2.24, 2.45) is 0 Å². The van der Waals surface area contributed by atoms with Crippen LogP contribution in [0.4, 0.5) is 4.79 Å². The highest BCUT2D eigenvalue weighted by molar-refractivity contribution is 5.68. The highest BCUT2D eigenvalue weighted by Gasteiger charge is 2.22. The molecule has 26 heavy (non-hydrogen) atoms. The van der Waals surface area contributed by atoms with E-state index >= 15 is 0 Å². The Balaban J connectivity index is 2.62. The lowest BCUT2D eigenvalue weighted by atomic mass is 10.1. The predicted octanol–water partition coefficient (Wildman–Crippen LogP) is 4.20. The van der Waals surface area contributed by atoms with Gasteiger partial charge >= 0.3 is 6.09 Å². The molecule has 146 valence electrons. The lowest BCUT2D eigenvalue weighted by Crippen LogP contribution is -2.44. The number of nitrogens with one attached hydrogen (secondary N) is 1.